The van der Waals surface area contributed by atoms with Crippen LogP contribution in [0.4, 0.5) is 8.78 Å². The predicted octanol–water partition coefficient (Wildman–Crippen LogP) is 7.75. The summed E-state index contributed by atoms with van der Waals surface area (Å²) in [6.45, 7) is 2.28. The first kappa shape index (κ1) is 19.8. The topological polar surface area (TPSA) is 0 Å². The van der Waals surface area contributed by atoms with E-state index in [1.54, 1.807) is 6.07 Å². The van der Waals surface area contributed by atoms with Gasteiger partial charge in [0, 0.05) is 0 Å². The van der Waals surface area contributed by atoms with E-state index in [9.17, 15) is 8.78 Å². The van der Waals surface area contributed by atoms with Crippen molar-refractivity contribution in [2.75, 3.05) is 0 Å². The Balaban J connectivity index is 1.35. The molecule has 0 N–H and O–H groups in total. The van der Waals surface area contributed by atoms with Crippen LogP contribution in [0.2, 0.25) is 0 Å². The molecule has 4 rings (SSSR count). The minimum Gasteiger partial charge on any atom is -0.204 e. The van der Waals surface area contributed by atoms with Gasteiger partial charge in [-0.25, -0.2) is 8.78 Å². The van der Waals surface area contributed by atoms with Gasteiger partial charge in [0.05, 0.1) is 0 Å². The minimum absolute atomic E-state index is 0.340. The lowest BCUT2D eigenvalue weighted by molar-refractivity contribution is 0.394. The van der Waals surface area contributed by atoms with Crippen molar-refractivity contribution in [3.8, 4) is 0 Å². The Hall–Kier alpha value is -2.48. The largest absolute Gasteiger partial charge is 0.204 e. The van der Waals surface area contributed by atoms with E-state index in [0.717, 1.165) is 37.7 Å². The molecule has 29 heavy (non-hydrogen) atoms. The van der Waals surface area contributed by atoms with Gasteiger partial charge >= 0.3 is 0 Å². The summed E-state index contributed by atoms with van der Waals surface area (Å²) >= 11 is 0. The van der Waals surface area contributed by atoms with Crippen molar-refractivity contribution in [2.24, 2.45) is 0 Å². The Morgan fingerprint density at radius 2 is 1.31 bits per heavy atom. The Kier molecular flexibility index (Phi) is 6.08. The molecule has 1 fully saturated rings. The Morgan fingerprint density at radius 3 is 1.93 bits per heavy atom. The van der Waals surface area contributed by atoms with Gasteiger partial charge < -0.3 is 0 Å². The van der Waals surface area contributed by atoms with Crippen molar-refractivity contribution in [3.05, 3.63) is 107 Å². The first-order valence-corrected chi connectivity index (χ1v) is 10.7. The highest BCUT2D eigenvalue weighted by Crippen LogP contribution is 2.40. The molecule has 0 heterocycles. The molecule has 1 unspecified atom stereocenters. The van der Waals surface area contributed by atoms with Crippen LogP contribution in [0.25, 0.3) is 0 Å². The van der Waals surface area contributed by atoms with Crippen LogP contribution in [0.3, 0.4) is 0 Å². The van der Waals surface area contributed by atoms with E-state index in [1.165, 1.54) is 28.8 Å². The number of benzene rings is 3. The van der Waals surface area contributed by atoms with Crippen molar-refractivity contribution in [1.29, 1.82) is 0 Å². The Morgan fingerprint density at radius 1 is 0.724 bits per heavy atom. The average molecular weight is 391 g/mol. The van der Waals surface area contributed by atoms with Gasteiger partial charge in [0.25, 0.3) is 0 Å². The minimum atomic E-state index is -0.760. The normalized spacial score (nSPS) is 20.4. The molecule has 3 aromatic carbocycles. The molecule has 1 atom stereocenters. The van der Waals surface area contributed by atoms with E-state index in [4.69, 9.17) is 0 Å². The van der Waals surface area contributed by atoms with Crippen LogP contribution in [0.5, 0.6) is 0 Å². The summed E-state index contributed by atoms with van der Waals surface area (Å²) in [5.74, 6) is -0.0767. The molecule has 0 amide bonds. The lowest BCUT2D eigenvalue weighted by atomic mass is 9.76. The fourth-order valence-electron chi connectivity index (χ4n) is 4.71. The monoisotopic (exact) mass is 390 g/mol. The zero-order valence-corrected chi connectivity index (χ0v) is 17.0. The van der Waals surface area contributed by atoms with Crippen LogP contribution in [0, 0.1) is 11.6 Å². The molecule has 0 aliphatic heterocycles. The SMILES string of the molecule is CC(Cc1ccc(C2CCC(c3ccc(F)c(F)c3)CC2)cc1)c1ccccc1. The van der Waals surface area contributed by atoms with Gasteiger partial charge in [0.2, 0.25) is 0 Å². The summed E-state index contributed by atoms with van der Waals surface area (Å²) in [5.41, 5.74) is 5.10. The van der Waals surface area contributed by atoms with E-state index < -0.39 is 11.6 Å². The highest BCUT2D eigenvalue weighted by atomic mass is 19.2. The molecule has 2 heteroatoms. The third kappa shape index (κ3) is 4.75. The van der Waals surface area contributed by atoms with Gasteiger partial charge in [0.1, 0.15) is 0 Å². The molecule has 1 aliphatic carbocycles. The van der Waals surface area contributed by atoms with Crippen LogP contribution < -0.4 is 0 Å². The van der Waals surface area contributed by atoms with E-state index in [1.807, 2.05) is 0 Å². The van der Waals surface area contributed by atoms with Crippen LogP contribution in [0.1, 0.15) is 72.6 Å². The van der Waals surface area contributed by atoms with Crippen LogP contribution in [0.15, 0.2) is 72.8 Å². The highest BCUT2D eigenvalue weighted by Gasteiger charge is 2.24. The molecule has 0 aromatic heterocycles. The van der Waals surface area contributed by atoms with E-state index in [0.29, 0.717) is 17.8 Å². The molecule has 0 nitrogen and oxygen atoms in total. The van der Waals surface area contributed by atoms with Crippen LogP contribution in [-0.4, -0.2) is 0 Å². The third-order valence-electron chi connectivity index (χ3n) is 6.50. The first-order chi connectivity index (χ1) is 14.1. The van der Waals surface area contributed by atoms with Gasteiger partial charge in [-0.1, -0.05) is 67.6 Å². The van der Waals surface area contributed by atoms with Crippen LogP contribution >= 0.6 is 0 Å². The molecule has 0 saturated heterocycles. The Bertz CT molecular complexity index is 923. The quantitative estimate of drug-likeness (QED) is 0.418. The third-order valence-corrected chi connectivity index (χ3v) is 6.50. The van der Waals surface area contributed by atoms with E-state index >= 15 is 0 Å². The fraction of sp³-hybridized carbons (Fsp3) is 0.333. The standard InChI is InChI=1S/C27H28F2/c1-19(21-5-3-2-4-6-21)17-20-7-9-22(10-8-20)23-11-13-24(14-12-23)25-15-16-26(28)27(29)18-25/h2-10,15-16,18-19,23-24H,11-14,17H2,1H3. The summed E-state index contributed by atoms with van der Waals surface area (Å²) in [4.78, 5) is 0. The second-order valence-corrected chi connectivity index (χ2v) is 8.48. The number of hydrogen-bond donors (Lipinski definition) is 0. The van der Waals surface area contributed by atoms with Gasteiger partial charge in [0.15, 0.2) is 11.6 Å². The lowest BCUT2D eigenvalue weighted by Crippen LogP contribution is -2.12. The number of halogens is 2. The molecule has 0 spiro atoms. The van der Waals surface area contributed by atoms with Crippen LogP contribution in [-0.2, 0) is 6.42 Å². The van der Waals surface area contributed by atoms with E-state index in [-0.39, 0.29) is 0 Å². The fourth-order valence-corrected chi connectivity index (χ4v) is 4.71. The summed E-state index contributed by atoms with van der Waals surface area (Å²) in [7, 11) is 0. The summed E-state index contributed by atoms with van der Waals surface area (Å²) in [5, 5.41) is 0. The maximum atomic E-state index is 13.5. The van der Waals surface area contributed by atoms with Crippen molar-refractivity contribution in [1.82, 2.24) is 0 Å². The van der Waals surface area contributed by atoms with Crippen molar-refractivity contribution >= 4 is 0 Å². The van der Waals surface area contributed by atoms with Gasteiger partial charge in [-0.05, 0) is 84.2 Å². The van der Waals surface area contributed by atoms with Gasteiger partial charge in [-0.3, -0.25) is 0 Å². The molecule has 150 valence electrons. The predicted molar refractivity (Wildman–Crippen MR) is 115 cm³/mol. The number of rotatable bonds is 5. The van der Waals surface area contributed by atoms with Crippen molar-refractivity contribution < 1.29 is 8.78 Å². The van der Waals surface area contributed by atoms with E-state index in [2.05, 4.69) is 61.5 Å². The van der Waals surface area contributed by atoms with Gasteiger partial charge in [-0.15, -0.1) is 0 Å². The molecule has 3 aromatic rings. The lowest BCUT2D eigenvalue weighted by Gasteiger charge is -2.29. The maximum Gasteiger partial charge on any atom is 0.159 e. The maximum absolute atomic E-state index is 13.5. The van der Waals surface area contributed by atoms with Crippen molar-refractivity contribution in [3.63, 3.8) is 0 Å². The number of hydrogen-bond acceptors (Lipinski definition) is 0. The molecule has 0 bridgehead atoms. The van der Waals surface area contributed by atoms with Crippen molar-refractivity contribution in [2.45, 2.75) is 56.8 Å². The zero-order valence-electron chi connectivity index (χ0n) is 17.0. The second-order valence-electron chi connectivity index (χ2n) is 8.48. The molecule has 1 aliphatic rings. The smallest absolute Gasteiger partial charge is 0.159 e. The summed E-state index contributed by atoms with van der Waals surface area (Å²) < 4.78 is 26.7. The average Bonchev–Trinajstić information content (AvgIpc) is 2.77. The zero-order chi connectivity index (χ0) is 20.2. The first-order valence-electron chi connectivity index (χ1n) is 10.7. The highest BCUT2D eigenvalue weighted by molar-refractivity contribution is 5.29. The van der Waals surface area contributed by atoms with Gasteiger partial charge in [-0.2, -0.15) is 0 Å². The molecule has 1 saturated carbocycles. The molecular weight excluding hydrogens is 362 g/mol. The molecule has 0 radical (unpaired) electrons. The second kappa shape index (κ2) is 8.90. The summed E-state index contributed by atoms with van der Waals surface area (Å²) in [6, 6.07) is 24.2. The Labute approximate surface area is 172 Å². The molecular formula is C27H28F2. The summed E-state index contributed by atoms with van der Waals surface area (Å²) in [6.07, 6.45) is 5.31.